The maximum Gasteiger partial charge on any atom is 0.354 e. The van der Waals surface area contributed by atoms with Crippen molar-refractivity contribution in [2.24, 2.45) is 0 Å². The van der Waals surface area contributed by atoms with Gasteiger partial charge in [0.1, 0.15) is 11.6 Å². The van der Waals surface area contributed by atoms with Crippen molar-refractivity contribution in [3.05, 3.63) is 53.2 Å². The van der Waals surface area contributed by atoms with E-state index in [0.717, 1.165) is 0 Å². The van der Waals surface area contributed by atoms with E-state index in [4.69, 9.17) is 5.11 Å². The second-order valence-electron chi connectivity index (χ2n) is 4.17. The van der Waals surface area contributed by atoms with Gasteiger partial charge in [-0.2, -0.15) is 0 Å². The van der Waals surface area contributed by atoms with E-state index < -0.39 is 11.9 Å². The van der Waals surface area contributed by atoms with E-state index in [1.54, 1.807) is 6.92 Å². The van der Waals surface area contributed by atoms with Crippen LogP contribution in [0.1, 0.15) is 26.4 Å². The molecule has 6 heteroatoms. The summed E-state index contributed by atoms with van der Waals surface area (Å²) in [5, 5.41) is 20.7. The van der Waals surface area contributed by atoms with Gasteiger partial charge in [0, 0.05) is 5.56 Å². The Morgan fingerprint density at radius 2 is 1.95 bits per heavy atom. The number of carbonyl (C=O) groups excluding carboxylic acids is 1. The summed E-state index contributed by atoms with van der Waals surface area (Å²) in [5.41, 5.74) is 0.775. The third-order valence-corrected chi connectivity index (χ3v) is 2.67. The van der Waals surface area contributed by atoms with Crippen LogP contribution in [0, 0.1) is 6.92 Å². The van der Waals surface area contributed by atoms with Gasteiger partial charge in [0.2, 0.25) is 0 Å². The van der Waals surface area contributed by atoms with Crippen LogP contribution >= 0.6 is 0 Å². The Morgan fingerprint density at radius 1 is 1.20 bits per heavy atom. The SMILES string of the molecule is Cc1cc(C(=O)Nc2cccc(C(=O)O)n2)ccc1O. The summed E-state index contributed by atoms with van der Waals surface area (Å²) in [4.78, 5) is 26.6. The molecule has 0 saturated carbocycles. The number of phenols is 1. The monoisotopic (exact) mass is 272 g/mol. The zero-order valence-corrected chi connectivity index (χ0v) is 10.6. The largest absolute Gasteiger partial charge is 0.508 e. The molecule has 1 amide bonds. The summed E-state index contributed by atoms with van der Waals surface area (Å²) in [6.45, 7) is 1.68. The summed E-state index contributed by atoms with van der Waals surface area (Å²) in [5.74, 6) is -1.34. The fourth-order valence-corrected chi connectivity index (χ4v) is 1.61. The number of pyridine rings is 1. The predicted octanol–water partition coefficient (Wildman–Crippen LogP) is 2.05. The van der Waals surface area contributed by atoms with E-state index in [1.165, 1.54) is 36.4 Å². The molecule has 20 heavy (non-hydrogen) atoms. The van der Waals surface area contributed by atoms with E-state index in [1.807, 2.05) is 0 Å². The first-order valence-electron chi connectivity index (χ1n) is 5.78. The van der Waals surface area contributed by atoms with Crippen LogP contribution in [-0.2, 0) is 0 Å². The van der Waals surface area contributed by atoms with Crippen LogP contribution in [0.5, 0.6) is 5.75 Å². The Hall–Kier alpha value is -2.89. The molecule has 1 aromatic carbocycles. The van der Waals surface area contributed by atoms with Crippen molar-refractivity contribution in [1.29, 1.82) is 0 Å². The molecule has 0 aliphatic rings. The van der Waals surface area contributed by atoms with Gasteiger partial charge in [-0.05, 0) is 42.8 Å². The van der Waals surface area contributed by atoms with Gasteiger partial charge in [0.05, 0.1) is 0 Å². The molecule has 0 unspecified atom stereocenters. The van der Waals surface area contributed by atoms with E-state index in [2.05, 4.69) is 10.3 Å². The number of aromatic hydroxyl groups is 1. The molecule has 0 bridgehead atoms. The minimum atomic E-state index is -1.17. The number of amides is 1. The van der Waals surface area contributed by atoms with Crippen LogP contribution in [-0.4, -0.2) is 27.1 Å². The first-order chi connectivity index (χ1) is 9.47. The normalized spacial score (nSPS) is 10.1. The van der Waals surface area contributed by atoms with Gasteiger partial charge in [0.25, 0.3) is 5.91 Å². The molecule has 0 radical (unpaired) electrons. The summed E-state index contributed by atoms with van der Waals surface area (Å²) < 4.78 is 0. The molecule has 102 valence electrons. The van der Waals surface area contributed by atoms with Gasteiger partial charge in [-0.25, -0.2) is 9.78 Å². The smallest absolute Gasteiger partial charge is 0.354 e. The molecule has 0 aliphatic carbocycles. The Kier molecular flexibility index (Phi) is 3.65. The van der Waals surface area contributed by atoms with Crippen molar-refractivity contribution in [3.63, 3.8) is 0 Å². The van der Waals surface area contributed by atoms with E-state index >= 15 is 0 Å². The highest BCUT2D eigenvalue weighted by molar-refractivity contribution is 6.04. The average molecular weight is 272 g/mol. The Balaban J connectivity index is 2.21. The molecule has 2 rings (SSSR count). The highest BCUT2D eigenvalue weighted by atomic mass is 16.4. The molecular formula is C14H12N2O4. The number of aromatic nitrogens is 1. The van der Waals surface area contributed by atoms with Crippen molar-refractivity contribution >= 4 is 17.7 Å². The number of benzene rings is 1. The first kappa shape index (κ1) is 13.5. The molecule has 6 nitrogen and oxygen atoms in total. The Morgan fingerprint density at radius 3 is 2.60 bits per heavy atom. The van der Waals surface area contributed by atoms with Crippen molar-refractivity contribution in [1.82, 2.24) is 4.98 Å². The summed E-state index contributed by atoms with van der Waals surface area (Å²) in [6, 6.07) is 8.75. The number of carboxylic acid groups (broad SMARTS) is 1. The quantitative estimate of drug-likeness (QED) is 0.794. The molecular weight excluding hydrogens is 260 g/mol. The zero-order chi connectivity index (χ0) is 14.7. The fourth-order valence-electron chi connectivity index (χ4n) is 1.61. The van der Waals surface area contributed by atoms with Crippen molar-refractivity contribution in [3.8, 4) is 5.75 Å². The van der Waals surface area contributed by atoms with E-state index in [0.29, 0.717) is 11.1 Å². The molecule has 1 aromatic heterocycles. The molecule has 3 N–H and O–H groups in total. The lowest BCUT2D eigenvalue weighted by molar-refractivity contribution is 0.0690. The second-order valence-corrected chi connectivity index (χ2v) is 4.17. The van der Waals surface area contributed by atoms with Crippen LogP contribution in [0.3, 0.4) is 0 Å². The summed E-state index contributed by atoms with van der Waals surface area (Å²) >= 11 is 0. The van der Waals surface area contributed by atoms with Crippen LogP contribution in [0.4, 0.5) is 5.82 Å². The van der Waals surface area contributed by atoms with E-state index in [-0.39, 0.29) is 17.3 Å². The topological polar surface area (TPSA) is 99.5 Å². The predicted molar refractivity (Wildman–Crippen MR) is 72.0 cm³/mol. The number of nitrogens with zero attached hydrogens (tertiary/aromatic N) is 1. The molecule has 0 aliphatic heterocycles. The number of carbonyl (C=O) groups is 2. The molecule has 0 saturated heterocycles. The maximum absolute atomic E-state index is 12.0. The average Bonchev–Trinajstić information content (AvgIpc) is 2.42. The standard InChI is InChI=1S/C14H12N2O4/c1-8-7-9(5-6-11(8)17)13(18)16-12-4-2-3-10(15-12)14(19)20/h2-7,17H,1H3,(H,19,20)(H,15,16,18). The van der Waals surface area contributed by atoms with Crippen LogP contribution in [0.2, 0.25) is 0 Å². The lowest BCUT2D eigenvalue weighted by Crippen LogP contribution is -2.14. The Bertz CT molecular complexity index is 683. The number of phenolic OH excluding ortho intramolecular Hbond substituents is 1. The number of carboxylic acids is 1. The van der Waals surface area contributed by atoms with Gasteiger partial charge in [-0.3, -0.25) is 4.79 Å². The number of hydrogen-bond donors (Lipinski definition) is 3. The Labute approximate surface area is 114 Å². The number of nitrogens with one attached hydrogen (secondary N) is 1. The van der Waals surface area contributed by atoms with Crippen molar-refractivity contribution in [2.45, 2.75) is 6.92 Å². The lowest BCUT2D eigenvalue weighted by atomic mass is 10.1. The van der Waals surface area contributed by atoms with Crippen LogP contribution < -0.4 is 5.32 Å². The number of aromatic carboxylic acids is 1. The minimum absolute atomic E-state index is 0.104. The lowest BCUT2D eigenvalue weighted by Gasteiger charge is -2.06. The molecule has 0 spiro atoms. The van der Waals surface area contributed by atoms with Gasteiger partial charge in [-0.1, -0.05) is 6.07 Å². The minimum Gasteiger partial charge on any atom is -0.508 e. The maximum atomic E-state index is 12.0. The van der Waals surface area contributed by atoms with Crippen molar-refractivity contribution < 1.29 is 19.8 Å². The van der Waals surface area contributed by atoms with Gasteiger partial charge in [-0.15, -0.1) is 0 Å². The highest BCUT2D eigenvalue weighted by Crippen LogP contribution is 2.17. The molecule has 2 aromatic rings. The van der Waals surface area contributed by atoms with Gasteiger partial charge >= 0.3 is 5.97 Å². The van der Waals surface area contributed by atoms with Gasteiger partial charge < -0.3 is 15.5 Å². The summed E-state index contributed by atoms with van der Waals surface area (Å²) in [7, 11) is 0. The molecule has 0 atom stereocenters. The van der Waals surface area contributed by atoms with Crippen LogP contribution in [0.25, 0.3) is 0 Å². The highest BCUT2D eigenvalue weighted by Gasteiger charge is 2.10. The second kappa shape index (κ2) is 5.40. The fraction of sp³-hybridized carbons (Fsp3) is 0.0714. The zero-order valence-electron chi connectivity index (χ0n) is 10.6. The third kappa shape index (κ3) is 2.92. The van der Waals surface area contributed by atoms with Crippen molar-refractivity contribution in [2.75, 3.05) is 5.32 Å². The van der Waals surface area contributed by atoms with Crippen LogP contribution in [0.15, 0.2) is 36.4 Å². The third-order valence-electron chi connectivity index (χ3n) is 2.67. The number of rotatable bonds is 3. The molecule has 1 heterocycles. The molecule has 0 fully saturated rings. The number of hydrogen-bond acceptors (Lipinski definition) is 4. The van der Waals surface area contributed by atoms with Gasteiger partial charge in [0.15, 0.2) is 5.69 Å². The van der Waals surface area contributed by atoms with E-state index in [9.17, 15) is 14.7 Å². The first-order valence-corrected chi connectivity index (χ1v) is 5.78. The summed E-state index contributed by atoms with van der Waals surface area (Å²) in [6.07, 6.45) is 0. The number of anilines is 1. The number of aryl methyl sites for hydroxylation is 1.